The molecule has 0 amide bonds. The molecular weight excluding hydrogens is 605 g/mol. The molecule has 0 aliphatic rings. The molecule has 0 spiro atoms. The van der Waals surface area contributed by atoms with E-state index < -0.39 is 7.14 Å². The van der Waals surface area contributed by atoms with E-state index in [0.717, 1.165) is 16.7 Å². The largest absolute Gasteiger partial charge is 0.456 e. The molecule has 7 nitrogen and oxygen atoms in total. The SMILES string of the molecule is Cc1ccc(N)cc1Oc1ccccc1P(=O)(c1ccccc1Oc1cc(N)ccc1C)c1ccccc1Oc1cc(N)ccc1C. The summed E-state index contributed by atoms with van der Waals surface area (Å²) in [5.41, 5.74) is 22.7. The van der Waals surface area contributed by atoms with Crippen LogP contribution in [0.15, 0.2) is 127 Å². The van der Waals surface area contributed by atoms with Crippen LogP contribution in [-0.2, 0) is 4.57 Å². The number of para-hydroxylation sites is 3. The van der Waals surface area contributed by atoms with Gasteiger partial charge in [0.05, 0.1) is 15.9 Å². The molecule has 0 aromatic heterocycles. The van der Waals surface area contributed by atoms with Crippen LogP contribution in [0.5, 0.6) is 34.5 Å². The summed E-state index contributed by atoms with van der Waals surface area (Å²) in [6, 6.07) is 38.4. The molecular formula is C39H36N3O4P. The molecule has 0 atom stereocenters. The van der Waals surface area contributed by atoms with Gasteiger partial charge < -0.3 is 36.0 Å². The average Bonchev–Trinajstić information content (AvgIpc) is 3.06. The third kappa shape index (κ3) is 6.39. The maximum absolute atomic E-state index is 16.4. The van der Waals surface area contributed by atoms with Gasteiger partial charge in [-0.15, -0.1) is 0 Å². The fourth-order valence-corrected chi connectivity index (χ4v) is 8.29. The minimum absolute atomic E-state index is 0.411. The van der Waals surface area contributed by atoms with Gasteiger partial charge in [-0.3, -0.25) is 0 Å². The molecule has 0 aliphatic carbocycles. The van der Waals surface area contributed by atoms with E-state index in [4.69, 9.17) is 31.4 Å². The molecule has 8 heteroatoms. The highest BCUT2D eigenvalue weighted by atomic mass is 31.2. The molecule has 0 saturated carbocycles. The molecule has 236 valence electrons. The van der Waals surface area contributed by atoms with Crippen LogP contribution in [0.1, 0.15) is 16.7 Å². The summed E-state index contributed by atoms with van der Waals surface area (Å²) in [6.45, 7) is 5.81. The molecule has 0 saturated heterocycles. The number of ether oxygens (including phenoxy) is 3. The predicted molar refractivity (Wildman–Crippen MR) is 193 cm³/mol. The van der Waals surface area contributed by atoms with Crippen molar-refractivity contribution in [2.24, 2.45) is 0 Å². The minimum atomic E-state index is -3.85. The highest BCUT2D eigenvalue weighted by Crippen LogP contribution is 2.51. The van der Waals surface area contributed by atoms with Gasteiger partial charge in [0.15, 0.2) is 7.14 Å². The monoisotopic (exact) mass is 641 g/mol. The molecule has 0 radical (unpaired) electrons. The van der Waals surface area contributed by atoms with E-state index in [-0.39, 0.29) is 0 Å². The third-order valence-electron chi connectivity index (χ3n) is 7.91. The van der Waals surface area contributed by atoms with Crippen molar-refractivity contribution < 1.29 is 18.8 Å². The maximum Gasteiger partial charge on any atom is 0.182 e. The molecule has 0 aliphatic heterocycles. The van der Waals surface area contributed by atoms with Gasteiger partial charge >= 0.3 is 0 Å². The van der Waals surface area contributed by atoms with Crippen LogP contribution in [0.4, 0.5) is 17.1 Å². The molecule has 6 aromatic carbocycles. The summed E-state index contributed by atoms with van der Waals surface area (Å²) in [7, 11) is -3.85. The van der Waals surface area contributed by atoms with E-state index >= 15 is 4.57 Å². The molecule has 6 aromatic rings. The van der Waals surface area contributed by atoms with E-state index in [9.17, 15) is 0 Å². The van der Waals surface area contributed by atoms with Crippen LogP contribution in [0.25, 0.3) is 0 Å². The second kappa shape index (κ2) is 13.0. The molecule has 6 rings (SSSR count). The van der Waals surface area contributed by atoms with Crippen LogP contribution in [0, 0.1) is 20.8 Å². The first-order chi connectivity index (χ1) is 22.6. The van der Waals surface area contributed by atoms with Gasteiger partial charge in [-0.05, 0) is 92.1 Å². The van der Waals surface area contributed by atoms with Crippen LogP contribution < -0.4 is 47.3 Å². The number of nitrogens with two attached hydrogens (primary N) is 3. The first-order valence-electron chi connectivity index (χ1n) is 15.1. The number of hydrogen-bond donors (Lipinski definition) is 3. The Balaban J connectivity index is 1.60. The zero-order chi connectivity index (χ0) is 33.1. The Labute approximate surface area is 274 Å². The summed E-state index contributed by atoms with van der Waals surface area (Å²) in [6.07, 6.45) is 0. The van der Waals surface area contributed by atoms with E-state index in [2.05, 4.69) is 0 Å². The van der Waals surface area contributed by atoms with Gasteiger partial charge in [0.1, 0.15) is 34.5 Å². The second-order valence-electron chi connectivity index (χ2n) is 11.4. The lowest BCUT2D eigenvalue weighted by Gasteiger charge is -2.26. The first-order valence-corrected chi connectivity index (χ1v) is 16.8. The highest BCUT2D eigenvalue weighted by molar-refractivity contribution is 7.85. The van der Waals surface area contributed by atoms with Gasteiger partial charge in [0, 0.05) is 35.3 Å². The van der Waals surface area contributed by atoms with Crippen LogP contribution in [0.2, 0.25) is 0 Å². The van der Waals surface area contributed by atoms with Crippen molar-refractivity contribution in [3.63, 3.8) is 0 Å². The lowest BCUT2D eigenvalue weighted by atomic mass is 10.2. The first kappa shape index (κ1) is 31.3. The molecule has 0 bridgehead atoms. The molecule has 0 fully saturated rings. The van der Waals surface area contributed by atoms with Crippen molar-refractivity contribution >= 4 is 40.1 Å². The van der Waals surface area contributed by atoms with Crippen molar-refractivity contribution in [2.45, 2.75) is 20.8 Å². The standard InChI is InChI=1S/C39H36N3O4P/c1-25-16-19-28(40)22-34(25)44-31-10-4-7-13-37(31)47(43,38-14-8-5-11-32(38)45-35-23-29(41)20-17-26(35)2)39-15-9-6-12-33(39)46-36-24-30(42)21-18-27(36)3/h4-24H,40-42H2,1-3H3. The number of nitrogen functional groups attached to an aromatic ring is 3. The Hall–Kier alpha value is -5.65. The zero-order valence-corrected chi connectivity index (χ0v) is 27.3. The fourth-order valence-electron chi connectivity index (χ4n) is 5.34. The molecule has 0 heterocycles. The van der Waals surface area contributed by atoms with Crippen molar-refractivity contribution in [3.05, 3.63) is 144 Å². The summed E-state index contributed by atoms with van der Waals surface area (Å²) in [5.74, 6) is 2.91. The Morgan fingerprint density at radius 3 is 0.979 bits per heavy atom. The molecule has 0 unspecified atom stereocenters. The Kier molecular flexibility index (Phi) is 8.66. The lowest BCUT2D eigenvalue weighted by Crippen LogP contribution is -2.28. The fraction of sp³-hybridized carbons (Fsp3) is 0.0769. The molecule has 6 N–H and O–H groups in total. The third-order valence-corrected chi connectivity index (χ3v) is 11.1. The summed E-state index contributed by atoms with van der Waals surface area (Å²) >= 11 is 0. The summed E-state index contributed by atoms with van der Waals surface area (Å²) in [5, 5.41) is 1.38. The van der Waals surface area contributed by atoms with E-state index in [1.807, 2.05) is 130 Å². The van der Waals surface area contributed by atoms with Crippen molar-refractivity contribution in [1.82, 2.24) is 0 Å². The van der Waals surface area contributed by atoms with Gasteiger partial charge in [0.25, 0.3) is 0 Å². The smallest absolute Gasteiger partial charge is 0.182 e. The minimum Gasteiger partial charge on any atom is -0.456 e. The van der Waals surface area contributed by atoms with Gasteiger partial charge in [-0.25, -0.2) is 0 Å². The lowest BCUT2D eigenvalue weighted by molar-refractivity contribution is 0.479. The van der Waals surface area contributed by atoms with Crippen LogP contribution in [0.3, 0.4) is 0 Å². The Morgan fingerprint density at radius 1 is 0.404 bits per heavy atom. The highest BCUT2D eigenvalue weighted by Gasteiger charge is 2.38. The number of benzene rings is 6. The number of rotatable bonds is 9. The van der Waals surface area contributed by atoms with Crippen LogP contribution in [-0.4, -0.2) is 0 Å². The quantitative estimate of drug-likeness (QED) is 0.107. The van der Waals surface area contributed by atoms with Gasteiger partial charge in [-0.1, -0.05) is 54.6 Å². The summed E-state index contributed by atoms with van der Waals surface area (Å²) in [4.78, 5) is 0. The Bertz CT molecular complexity index is 1910. The normalized spacial score (nSPS) is 11.2. The van der Waals surface area contributed by atoms with Crippen LogP contribution >= 0.6 is 7.14 Å². The van der Waals surface area contributed by atoms with Gasteiger partial charge in [-0.2, -0.15) is 0 Å². The number of hydrogen-bond acceptors (Lipinski definition) is 7. The predicted octanol–water partition coefficient (Wildman–Crippen LogP) is 8.37. The average molecular weight is 642 g/mol. The summed E-state index contributed by atoms with van der Waals surface area (Å²) < 4.78 is 36.0. The number of aryl methyl sites for hydroxylation is 3. The van der Waals surface area contributed by atoms with E-state index in [1.54, 1.807) is 18.2 Å². The molecule has 47 heavy (non-hydrogen) atoms. The van der Waals surface area contributed by atoms with Crippen molar-refractivity contribution in [1.29, 1.82) is 0 Å². The maximum atomic E-state index is 16.4. The van der Waals surface area contributed by atoms with E-state index in [1.165, 1.54) is 0 Å². The topological polar surface area (TPSA) is 123 Å². The van der Waals surface area contributed by atoms with Gasteiger partial charge in [0.2, 0.25) is 0 Å². The second-order valence-corrected chi connectivity index (χ2v) is 14.1. The zero-order valence-electron chi connectivity index (χ0n) is 26.4. The van der Waals surface area contributed by atoms with Crippen molar-refractivity contribution in [3.8, 4) is 34.5 Å². The Morgan fingerprint density at radius 2 is 0.681 bits per heavy atom. The number of anilines is 3. The van der Waals surface area contributed by atoms with E-state index in [0.29, 0.717) is 67.5 Å². The van der Waals surface area contributed by atoms with Crippen molar-refractivity contribution in [2.75, 3.05) is 17.2 Å².